The van der Waals surface area contributed by atoms with Gasteiger partial charge in [0.2, 0.25) is 5.88 Å². The molecule has 1 aliphatic heterocycles. The van der Waals surface area contributed by atoms with Crippen molar-refractivity contribution < 1.29 is 13.9 Å². The second kappa shape index (κ2) is 6.88. The Hall–Kier alpha value is -3.74. The van der Waals surface area contributed by atoms with Gasteiger partial charge in [-0.05, 0) is 23.1 Å². The van der Waals surface area contributed by atoms with Crippen molar-refractivity contribution in [3.8, 4) is 5.88 Å². The smallest absolute Gasteiger partial charge is 0.228 e. The van der Waals surface area contributed by atoms with Gasteiger partial charge in [0.15, 0.2) is 17.3 Å². The molecule has 2 aliphatic rings. The quantitative estimate of drug-likeness (QED) is 0.481. The molecule has 160 valence electrons. The maximum absolute atomic E-state index is 13.3. The van der Waals surface area contributed by atoms with Gasteiger partial charge in [-0.2, -0.15) is 0 Å². The van der Waals surface area contributed by atoms with Crippen LogP contribution in [0.3, 0.4) is 0 Å². The number of rotatable bonds is 3. The SMILES string of the molecule is CC1(C)CC(=O)C2=C(C1)Oc1ncn3nc(Cc4ccccc4)nc3c1[C@@H]2c1ccco1. The summed E-state index contributed by atoms with van der Waals surface area (Å²) >= 11 is 0. The van der Waals surface area contributed by atoms with Crippen LogP contribution in [-0.4, -0.2) is 25.4 Å². The Kier molecular flexibility index (Phi) is 4.08. The number of carbonyl (C=O) groups is 1. The highest BCUT2D eigenvalue weighted by atomic mass is 16.5. The molecule has 0 amide bonds. The summed E-state index contributed by atoms with van der Waals surface area (Å²) < 4.78 is 13.7. The molecule has 1 aromatic carbocycles. The van der Waals surface area contributed by atoms with Crippen molar-refractivity contribution >= 4 is 11.4 Å². The minimum absolute atomic E-state index is 0.0781. The van der Waals surface area contributed by atoms with Gasteiger partial charge in [0, 0.05) is 24.8 Å². The molecule has 7 nitrogen and oxygen atoms in total. The zero-order valence-electron chi connectivity index (χ0n) is 17.9. The lowest BCUT2D eigenvalue weighted by molar-refractivity contribution is -0.118. The van der Waals surface area contributed by atoms with E-state index in [-0.39, 0.29) is 11.2 Å². The first-order valence-electron chi connectivity index (χ1n) is 10.7. The van der Waals surface area contributed by atoms with Crippen LogP contribution in [0.2, 0.25) is 0 Å². The Morgan fingerprint density at radius 1 is 1.12 bits per heavy atom. The van der Waals surface area contributed by atoms with Crippen LogP contribution in [0, 0.1) is 5.41 Å². The molecule has 3 aromatic heterocycles. The van der Waals surface area contributed by atoms with E-state index in [0.717, 1.165) is 11.1 Å². The van der Waals surface area contributed by atoms with Crippen LogP contribution in [0.15, 0.2) is 70.8 Å². The summed E-state index contributed by atoms with van der Waals surface area (Å²) in [6.07, 6.45) is 4.98. The third kappa shape index (κ3) is 3.04. The monoisotopic (exact) mass is 426 g/mol. The molecule has 4 aromatic rings. The van der Waals surface area contributed by atoms with Gasteiger partial charge in [-0.3, -0.25) is 4.79 Å². The van der Waals surface area contributed by atoms with Crippen LogP contribution < -0.4 is 4.74 Å². The Morgan fingerprint density at radius 3 is 2.75 bits per heavy atom. The Bertz CT molecular complexity index is 1370. The summed E-state index contributed by atoms with van der Waals surface area (Å²) in [6, 6.07) is 13.8. The summed E-state index contributed by atoms with van der Waals surface area (Å²) in [5.41, 5.74) is 2.96. The van der Waals surface area contributed by atoms with Crippen molar-refractivity contribution in [1.82, 2.24) is 19.6 Å². The highest BCUT2D eigenvalue weighted by Crippen LogP contribution is 2.50. The average molecular weight is 426 g/mol. The lowest BCUT2D eigenvalue weighted by Gasteiger charge is -2.36. The molecular weight excluding hydrogens is 404 g/mol. The maximum Gasteiger partial charge on any atom is 0.228 e. The number of aromatic nitrogens is 4. The Labute approximate surface area is 184 Å². The van der Waals surface area contributed by atoms with Gasteiger partial charge in [0.05, 0.1) is 17.7 Å². The van der Waals surface area contributed by atoms with Gasteiger partial charge in [-0.25, -0.2) is 14.5 Å². The number of furan rings is 1. The molecule has 0 unspecified atom stereocenters. The first-order valence-corrected chi connectivity index (χ1v) is 10.7. The molecule has 0 fully saturated rings. The maximum atomic E-state index is 13.3. The Morgan fingerprint density at radius 2 is 1.97 bits per heavy atom. The van der Waals surface area contributed by atoms with Gasteiger partial charge >= 0.3 is 0 Å². The summed E-state index contributed by atoms with van der Waals surface area (Å²) in [5, 5.41) is 4.63. The second-order valence-corrected chi connectivity index (χ2v) is 9.25. The van der Waals surface area contributed by atoms with Crippen LogP contribution in [0.5, 0.6) is 5.88 Å². The van der Waals surface area contributed by atoms with Crippen molar-refractivity contribution in [3.05, 3.63) is 89.1 Å². The fraction of sp³-hybridized carbons (Fsp3) is 0.280. The van der Waals surface area contributed by atoms with Crippen molar-refractivity contribution in [2.24, 2.45) is 5.41 Å². The standard InChI is InChI=1S/C25H22N4O3/c1-25(2)12-16(30)20-18(13-25)32-24-22(21(20)17-9-6-10-31-17)23-27-19(28-29(23)14-26-24)11-15-7-4-3-5-8-15/h3-10,14,21H,11-13H2,1-2H3/t21-/m1/s1. The van der Waals surface area contributed by atoms with Crippen molar-refractivity contribution in [3.63, 3.8) is 0 Å². The number of allylic oxidation sites excluding steroid dienone is 2. The van der Waals surface area contributed by atoms with E-state index >= 15 is 0 Å². The first kappa shape index (κ1) is 19.0. The first-order chi connectivity index (χ1) is 15.5. The molecule has 32 heavy (non-hydrogen) atoms. The van der Waals surface area contributed by atoms with E-state index in [9.17, 15) is 4.79 Å². The van der Waals surface area contributed by atoms with Crippen LogP contribution >= 0.6 is 0 Å². The summed E-state index contributed by atoms with van der Waals surface area (Å²) in [5.74, 6) is 2.16. The largest absolute Gasteiger partial charge is 0.468 e. The van der Waals surface area contributed by atoms with E-state index < -0.39 is 5.92 Å². The number of Topliss-reactive ketones (excluding diaryl/α,β-unsaturated/α-hetero) is 1. The lowest BCUT2D eigenvalue weighted by Crippen LogP contribution is -2.33. The number of nitrogens with zero attached hydrogens (tertiary/aromatic N) is 4. The number of ether oxygens (including phenoxy) is 1. The van der Waals surface area contributed by atoms with E-state index in [1.54, 1.807) is 17.1 Å². The predicted octanol–water partition coefficient (Wildman–Crippen LogP) is 4.48. The molecule has 7 heteroatoms. The van der Waals surface area contributed by atoms with E-state index in [1.807, 2.05) is 42.5 Å². The van der Waals surface area contributed by atoms with Crippen LogP contribution in [0.1, 0.15) is 55.3 Å². The van der Waals surface area contributed by atoms with Gasteiger partial charge in [-0.1, -0.05) is 44.2 Å². The summed E-state index contributed by atoms with van der Waals surface area (Å²) in [4.78, 5) is 22.7. The van der Waals surface area contributed by atoms with Crippen molar-refractivity contribution in [1.29, 1.82) is 0 Å². The zero-order chi connectivity index (χ0) is 21.9. The van der Waals surface area contributed by atoms with Crippen LogP contribution in [0.25, 0.3) is 5.65 Å². The predicted molar refractivity (Wildman–Crippen MR) is 116 cm³/mol. The van der Waals surface area contributed by atoms with Crippen molar-refractivity contribution in [2.45, 2.75) is 39.0 Å². The number of hydrogen-bond acceptors (Lipinski definition) is 6. The normalized spacial score (nSPS) is 19.6. The molecule has 0 bridgehead atoms. The van der Waals surface area contributed by atoms with Crippen molar-refractivity contribution in [2.75, 3.05) is 0 Å². The zero-order valence-corrected chi connectivity index (χ0v) is 17.9. The topological polar surface area (TPSA) is 82.5 Å². The molecule has 0 spiro atoms. The fourth-order valence-corrected chi connectivity index (χ4v) is 4.78. The number of benzene rings is 1. The minimum atomic E-state index is -0.419. The summed E-state index contributed by atoms with van der Waals surface area (Å²) in [7, 11) is 0. The number of fused-ring (bicyclic) bond motifs is 3. The minimum Gasteiger partial charge on any atom is -0.468 e. The fourth-order valence-electron chi connectivity index (χ4n) is 4.78. The molecule has 6 rings (SSSR count). The van der Waals surface area contributed by atoms with Gasteiger partial charge < -0.3 is 9.15 Å². The van der Waals surface area contributed by atoms with Gasteiger partial charge in [-0.15, -0.1) is 5.10 Å². The van der Waals surface area contributed by atoms with Crippen LogP contribution in [0.4, 0.5) is 0 Å². The van der Waals surface area contributed by atoms with Gasteiger partial charge in [0.1, 0.15) is 17.8 Å². The molecule has 4 heterocycles. The average Bonchev–Trinajstić information content (AvgIpc) is 3.41. The third-order valence-corrected chi connectivity index (χ3v) is 6.14. The number of ketones is 1. The molecule has 1 atom stereocenters. The second-order valence-electron chi connectivity index (χ2n) is 9.25. The highest BCUT2D eigenvalue weighted by Gasteiger charge is 2.44. The molecule has 1 aliphatic carbocycles. The molecule has 0 radical (unpaired) electrons. The van der Waals surface area contributed by atoms with E-state index in [1.165, 1.54) is 0 Å². The van der Waals surface area contributed by atoms with E-state index in [2.05, 4.69) is 23.9 Å². The molecule has 0 N–H and O–H groups in total. The highest BCUT2D eigenvalue weighted by molar-refractivity contribution is 6.00. The van der Waals surface area contributed by atoms with Crippen LogP contribution in [-0.2, 0) is 11.2 Å². The third-order valence-electron chi connectivity index (χ3n) is 6.14. The molecule has 0 saturated heterocycles. The Balaban J connectivity index is 1.53. The summed E-state index contributed by atoms with van der Waals surface area (Å²) in [6.45, 7) is 4.17. The lowest BCUT2D eigenvalue weighted by atomic mass is 9.71. The molecule has 0 saturated carbocycles. The van der Waals surface area contributed by atoms with E-state index in [0.29, 0.717) is 53.7 Å². The van der Waals surface area contributed by atoms with Gasteiger partial charge in [0.25, 0.3) is 0 Å². The number of hydrogen-bond donors (Lipinski definition) is 0. The molecular formula is C25H22N4O3. The van der Waals surface area contributed by atoms with E-state index in [4.69, 9.17) is 14.1 Å². The number of carbonyl (C=O) groups excluding carboxylic acids is 1.